The summed E-state index contributed by atoms with van der Waals surface area (Å²) >= 11 is 5.34. The number of rotatable bonds is 5. The average molecular weight is 305 g/mol. The van der Waals surface area contributed by atoms with Gasteiger partial charge in [-0.05, 0) is 35.7 Å². The first-order chi connectivity index (χ1) is 9.36. The summed E-state index contributed by atoms with van der Waals surface area (Å²) in [6.07, 6.45) is 0.747. The molecule has 3 aromatic rings. The van der Waals surface area contributed by atoms with Crippen LogP contribution in [-0.2, 0) is 6.42 Å². The van der Waals surface area contributed by atoms with E-state index in [-0.39, 0.29) is 0 Å². The van der Waals surface area contributed by atoms with Crippen LogP contribution in [0.4, 0.5) is 0 Å². The number of thiophene rings is 3. The Morgan fingerprint density at radius 3 is 2.37 bits per heavy atom. The molecule has 0 bridgehead atoms. The summed E-state index contributed by atoms with van der Waals surface area (Å²) in [5.41, 5.74) is 0. The monoisotopic (exact) mass is 305 g/mol. The highest BCUT2D eigenvalue weighted by molar-refractivity contribution is 7.26. The first-order valence-corrected chi connectivity index (χ1v) is 8.40. The van der Waals surface area contributed by atoms with Crippen molar-refractivity contribution in [3.8, 4) is 19.5 Å². The predicted molar refractivity (Wildman–Crippen MR) is 85.3 cm³/mol. The highest BCUT2D eigenvalue weighted by Crippen LogP contribution is 2.39. The molecule has 19 heavy (non-hydrogen) atoms. The second kappa shape index (κ2) is 5.77. The normalized spacial score (nSPS) is 10.7. The first-order valence-electron chi connectivity index (χ1n) is 5.89. The third-order valence-corrected chi connectivity index (χ3v) is 6.22. The molecule has 0 saturated carbocycles. The molecule has 3 rings (SSSR count). The zero-order valence-corrected chi connectivity index (χ0v) is 12.5. The Morgan fingerprint density at radius 2 is 1.63 bits per heavy atom. The third kappa shape index (κ3) is 2.83. The van der Waals surface area contributed by atoms with Gasteiger partial charge in [0.1, 0.15) is 0 Å². The Bertz CT molecular complexity index is 667. The van der Waals surface area contributed by atoms with E-state index < -0.39 is 0 Å². The van der Waals surface area contributed by atoms with Gasteiger partial charge in [-0.25, -0.2) is 0 Å². The summed E-state index contributed by atoms with van der Waals surface area (Å²) in [4.78, 5) is 16.6. The maximum Gasteiger partial charge on any atom is 0.0859 e. The number of nitroso groups, excluding NO2 is 1. The molecular weight excluding hydrogens is 294 g/mol. The molecule has 0 N–H and O–H groups in total. The Hall–Kier alpha value is -1.30. The van der Waals surface area contributed by atoms with Gasteiger partial charge in [0.2, 0.25) is 0 Å². The van der Waals surface area contributed by atoms with Gasteiger partial charge in [0, 0.05) is 30.8 Å². The van der Waals surface area contributed by atoms with Gasteiger partial charge in [0.05, 0.1) is 6.54 Å². The molecule has 0 radical (unpaired) electrons. The lowest BCUT2D eigenvalue weighted by molar-refractivity contribution is 0.979. The van der Waals surface area contributed by atoms with Crippen LogP contribution in [0.3, 0.4) is 0 Å². The van der Waals surface area contributed by atoms with Gasteiger partial charge in [0.25, 0.3) is 0 Å². The third-order valence-electron chi connectivity index (χ3n) is 2.72. The van der Waals surface area contributed by atoms with Crippen molar-refractivity contribution >= 4 is 34.0 Å². The van der Waals surface area contributed by atoms with E-state index in [1.807, 2.05) is 11.3 Å². The lowest BCUT2D eigenvalue weighted by Gasteiger charge is -1.91. The van der Waals surface area contributed by atoms with E-state index in [1.54, 1.807) is 22.7 Å². The van der Waals surface area contributed by atoms with Gasteiger partial charge in [-0.3, -0.25) is 0 Å². The minimum absolute atomic E-state index is 0.366. The zero-order valence-electron chi connectivity index (χ0n) is 10.0. The van der Waals surface area contributed by atoms with Crippen LogP contribution in [0.25, 0.3) is 19.5 Å². The second-order valence-electron chi connectivity index (χ2n) is 4.01. The van der Waals surface area contributed by atoms with Gasteiger partial charge in [-0.1, -0.05) is 11.2 Å². The summed E-state index contributed by atoms with van der Waals surface area (Å²) in [6.45, 7) is 0.366. The van der Waals surface area contributed by atoms with Crippen LogP contribution < -0.4 is 0 Å². The molecule has 0 aliphatic rings. The van der Waals surface area contributed by atoms with Crippen molar-refractivity contribution in [1.29, 1.82) is 0 Å². The van der Waals surface area contributed by atoms with Crippen LogP contribution in [0, 0.1) is 4.91 Å². The molecular formula is C14H11NOS3. The summed E-state index contributed by atoms with van der Waals surface area (Å²) in [6, 6.07) is 12.8. The fraction of sp³-hybridized carbons (Fsp3) is 0.143. The minimum atomic E-state index is 0.366. The molecule has 0 saturated heterocycles. The molecule has 0 aromatic carbocycles. The molecule has 96 valence electrons. The van der Waals surface area contributed by atoms with E-state index in [2.05, 4.69) is 47.0 Å². The molecule has 0 amide bonds. The van der Waals surface area contributed by atoms with Crippen molar-refractivity contribution in [2.45, 2.75) is 6.42 Å². The summed E-state index contributed by atoms with van der Waals surface area (Å²) in [5, 5.41) is 5.01. The van der Waals surface area contributed by atoms with Gasteiger partial charge in [0.15, 0.2) is 0 Å². The van der Waals surface area contributed by atoms with Crippen LogP contribution in [0.1, 0.15) is 4.88 Å². The largest absolute Gasteiger partial charge is 0.151 e. The van der Waals surface area contributed by atoms with Crippen LogP contribution in [-0.4, -0.2) is 6.54 Å². The lowest BCUT2D eigenvalue weighted by atomic mass is 10.3. The highest BCUT2D eigenvalue weighted by atomic mass is 32.1. The fourth-order valence-electron chi connectivity index (χ4n) is 1.82. The van der Waals surface area contributed by atoms with Crippen molar-refractivity contribution < 1.29 is 0 Å². The smallest absolute Gasteiger partial charge is 0.0859 e. The molecule has 3 aromatic heterocycles. The van der Waals surface area contributed by atoms with Crippen molar-refractivity contribution in [3.63, 3.8) is 0 Å². The Morgan fingerprint density at radius 1 is 0.895 bits per heavy atom. The summed E-state index contributed by atoms with van der Waals surface area (Å²) < 4.78 is 0. The molecule has 0 atom stereocenters. The Kier molecular flexibility index (Phi) is 3.87. The first kappa shape index (κ1) is 12.7. The number of nitrogens with zero attached hydrogens (tertiary/aromatic N) is 1. The second-order valence-corrected chi connectivity index (χ2v) is 7.21. The van der Waals surface area contributed by atoms with E-state index in [0.29, 0.717) is 6.54 Å². The molecule has 0 spiro atoms. The van der Waals surface area contributed by atoms with Gasteiger partial charge in [-0.2, -0.15) is 4.91 Å². The standard InChI is InChI=1S/C14H11NOS3/c16-15-8-7-10-3-4-13(18-10)14-6-5-12(19-14)11-2-1-9-17-11/h1-6,9H,7-8H2. The van der Waals surface area contributed by atoms with Gasteiger partial charge in [-0.15, -0.1) is 34.0 Å². The number of hydrogen-bond donors (Lipinski definition) is 0. The highest BCUT2D eigenvalue weighted by Gasteiger charge is 2.08. The van der Waals surface area contributed by atoms with Gasteiger partial charge >= 0.3 is 0 Å². The van der Waals surface area contributed by atoms with Crippen LogP contribution in [0.5, 0.6) is 0 Å². The predicted octanol–water partition coefficient (Wildman–Crippen LogP) is 5.51. The number of hydrogen-bond acceptors (Lipinski definition) is 5. The van der Waals surface area contributed by atoms with E-state index in [4.69, 9.17) is 0 Å². The Labute approximate surface area is 123 Å². The molecule has 0 unspecified atom stereocenters. The molecule has 5 heteroatoms. The van der Waals surface area contributed by atoms with E-state index in [1.165, 1.54) is 24.4 Å². The minimum Gasteiger partial charge on any atom is -0.151 e. The van der Waals surface area contributed by atoms with Gasteiger partial charge < -0.3 is 0 Å². The average Bonchev–Trinajstić information content (AvgIpc) is 3.14. The van der Waals surface area contributed by atoms with Crippen molar-refractivity contribution in [2.75, 3.05) is 6.54 Å². The molecule has 0 fully saturated rings. The van der Waals surface area contributed by atoms with E-state index >= 15 is 0 Å². The van der Waals surface area contributed by atoms with E-state index in [9.17, 15) is 4.91 Å². The summed E-state index contributed by atoms with van der Waals surface area (Å²) in [5.74, 6) is 0. The van der Waals surface area contributed by atoms with Crippen molar-refractivity contribution in [3.05, 3.63) is 51.6 Å². The van der Waals surface area contributed by atoms with Crippen LogP contribution in [0.2, 0.25) is 0 Å². The molecule has 0 aliphatic carbocycles. The van der Waals surface area contributed by atoms with Crippen molar-refractivity contribution in [1.82, 2.24) is 0 Å². The molecule has 0 aliphatic heterocycles. The SMILES string of the molecule is O=NCCc1ccc(-c2ccc(-c3cccs3)s2)s1. The fourth-order valence-corrected chi connectivity index (χ4v) is 4.75. The Balaban J connectivity index is 1.82. The van der Waals surface area contributed by atoms with Crippen LogP contribution >= 0.6 is 34.0 Å². The van der Waals surface area contributed by atoms with Crippen LogP contribution in [0.15, 0.2) is 47.0 Å². The maximum absolute atomic E-state index is 10.1. The quantitative estimate of drug-likeness (QED) is 0.571. The summed E-state index contributed by atoms with van der Waals surface area (Å²) in [7, 11) is 0. The lowest BCUT2D eigenvalue weighted by Crippen LogP contribution is -1.81. The topological polar surface area (TPSA) is 29.4 Å². The molecule has 3 heterocycles. The maximum atomic E-state index is 10.1. The van der Waals surface area contributed by atoms with Crippen molar-refractivity contribution in [2.24, 2.45) is 5.18 Å². The van der Waals surface area contributed by atoms with E-state index in [0.717, 1.165) is 6.42 Å². The zero-order chi connectivity index (χ0) is 13.1. The molecule has 2 nitrogen and oxygen atoms in total.